The van der Waals surface area contributed by atoms with E-state index in [0.717, 1.165) is 32.7 Å². The van der Waals surface area contributed by atoms with Gasteiger partial charge in [-0.3, -0.25) is 14.5 Å². The second-order valence-electron chi connectivity index (χ2n) is 6.71. The van der Waals surface area contributed by atoms with Crippen LogP contribution in [0.2, 0.25) is 0 Å². The minimum atomic E-state index is -0.151. The predicted molar refractivity (Wildman–Crippen MR) is 114 cm³/mol. The number of amides is 2. The molecule has 0 atom stereocenters. The molecular formula is C21H21N3O2S2. The molecule has 3 heterocycles. The van der Waals surface area contributed by atoms with Crippen LogP contribution in [-0.4, -0.2) is 47.8 Å². The molecule has 2 aromatic heterocycles. The molecule has 0 aliphatic carbocycles. The molecule has 4 rings (SSSR count). The summed E-state index contributed by atoms with van der Waals surface area (Å²) >= 11 is 3.11. The van der Waals surface area contributed by atoms with Gasteiger partial charge in [-0.1, -0.05) is 12.1 Å². The first kappa shape index (κ1) is 18.9. The average molecular weight is 412 g/mol. The third-order valence-electron chi connectivity index (χ3n) is 4.76. The summed E-state index contributed by atoms with van der Waals surface area (Å²) in [6.07, 6.45) is 0. The van der Waals surface area contributed by atoms with Crippen molar-refractivity contribution >= 4 is 40.2 Å². The van der Waals surface area contributed by atoms with Gasteiger partial charge in [-0.15, -0.1) is 11.3 Å². The highest BCUT2D eigenvalue weighted by Crippen LogP contribution is 2.18. The van der Waals surface area contributed by atoms with Crippen molar-refractivity contribution in [3.63, 3.8) is 0 Å². The Bertz CT molecular complexity index is 930. The van der Waals surface area contributed by atoms with Crippen LogP contribution in [0.25, 0.3) is 0 Å². The SMILES string of the molecule is O=C(Nc1cccc(C(=O)N2CCN(Cc3ccsc3)CC2)c1)c1cccs1. The fraction of sp³-hybridized carbons (Fsp3) is 0.238. The number of nitrogens with one attached hydrogen (secondary N) is 1. The molecule has 1 N–H and O–H groups in total. The molecule has 0 unspecified atom stereocenters. The second kappa shape index (κ2) is 8.68. The number of thiophene rings is 2. The lowest BCUT2D eigenvalue weighted by Gasteiger charge is -2.34. The summed E-state index contributed by atoms with van der Waals surface area (Å²) in [5.74, 6) is -0.135. The predicted octanol–water partition coefficient (Wildman–Crippen LogP) is 4.02. The van der Waals surface area contributed by atoms with Gasteiger partial charge in [0.1, 0.15) is 0 Å². The van der Waals surface area contributed by atoms with Crippen molar-refractivity contribution in [2.45, 2.75) is 6.54 Å². The summed E-state index contributed by atoms with van der Waals surface area (Å²) < 4.78 is 0. The normalized spacial score (nSPS) is 14.8. The van der Waals surface area contributed by atoms with Gasteiger partial charge in [-0.25, -0.2) is 0 Å². The van der Waals surface area contributed by atoms with Crippen LogP contribution in [0.15, 0.2) is 58.6 Å². The molecule has 28 heavy (non-hydrogen) atoms. The lowest BCUT2D eigenvalue weighted by Crippen LogP contribution is -2.48. The van der Waals surface area contributed by atoms with Crippen molar-refractivity contribution in [2.75, 3.05) is 31.5 Å². The van der Waals surface area contributed by atoms with Crippen LogP contribution in [0.5, 0.6) is 0 Å². The third-order valence-corrected chi connectivity index (χ3v) is 6.36. The van der Waals surface area contributed by atoms with Crippen LogP contribution in [0.3, 0.4) is 0 Å². The Kier molecular flexibility index (Phi) is 5.85. The number of benzene rings is 1. The largest absolute Gasteiger partial charge is 0.336 e. The maximum atomic E-state index is 12.9. The summed E-state index contributed by atoms with van der Waals surface area (Å²) in [7, 11) is 0. The Balaban J connectivity index is 1.35. The first-order chi connectivity index (χ1) is 13.7. The van der Waals surface area contributed by atoms with Gasteiger partial charge in [0.05, 0.1) is 4.88 Å². The van der Waals surface area contributed by atoms with E-state index in [1.54, 1.807) is 35.6 Å². The van der Waals surface area contributed by atoms with Crippen molar-refractivity contribution < 1.29 is 9.59 Å². The fourth-order valence-electron chi connectivity index (χ4n) is 3.26. The van der Waals surface area contributed by atoms with Crippen LogP contribution in [0, 0.1) is 0 Å². The summed E-state index contributed by atoms with van der Waals surface area (Å²) in [5.41, 5.74) is 2.58. The van der Waals surface area contributed by atoms with Crippen LogP contribution >= 0.6 is 22.7 Å². The molecule has 1 saturated heterocycles. The molecule has 0 radical (unpaired) electrons. The monoisotopic (exact) mass is 411 g/mol. The molecule has 7 heteroatoms. The van der Waals surface area contributed by atoms with Crippen molar-refractivity contribution in [1.29, 1.82) is 0 Å². The van der Waals surface area contributed by atoms with E-state index < -0.39 is 0 Å². The van der Waals surface area contributed by atoms with E-state index in [-0.39, 0.29) is 11.8 Å². The Morgan fingerprint density at radius 3 is 2.57 bits per heavy atom. The van der Waals surface area contributed by atoms with Gasteiger partial charge in [0.2, 0.25) is 0 Å². The lowest BCUT2D eigenvalue weighted by molar-refractivity contribution is 0.0628. The van der Waals surface area contributed by atoms with E-state index in [9.17, 15) is 9.59 Å². The highest BCUT2D eigenvalue weighted by Gasteiger charge is 2.22. The van der Waals surface area contributed by atoms with Crippen LogP contribution in [0.1, 0.15) is 25.6 Å². The minimum Gasteiger partial charge on any atom is -0.336 e. The third kappa shape index (κ3) is 4.49. The van der Waals surface area contributed by atoms with Gasteiger partial charge in [0.25, 0.3) is 11.8 Å². The molecular weight excluding hydrogens is 390 g/mol. The number of carbonyl (C=O) groups excluding carboxylic acids is 2. The maximum absolute atomic E-state index is 12.9. The summed E-state index contributed by atoms with van der Waals surface area (Å²) in [5, 5.41) is 9.01. The molecule has 144 valence electrons. The number of nitrogens with zero attached hydrogens (tertiary/aromatic N) is 2. The van der Waals surface area contributed by atoms with Gasteiger partial charge in [-0.2, -0.15) is 11.3 Å². The van der Waals surface area contributed by atoms with Crippen molar-refractivity contribution in [1.82, 2.24) is 9.80 Å². The molecule has 5 nitrogen and oxygen atoms in total. The number of hydrogen-bond acceptors (Lipinski definition) is 5. The summed E-state index contributed by atoms with van der Waals surface area (Å²) in [6.45, 7) is 4.12. The van der Waals surface area contributed by atoms with Gasteiger partial charge in [0.15, 0.2) is 0 Å². The van der Waals surface area contributed by atoms with Gasteiger partial charge < -0.3 is 10.2 Å². The first-order valence-electron chi connectivity index (χ1n) is 9.17. The topological polar surface area (TPSA) is 52.7 Å². The first-order valence-corrected chi connectivity index (χ1v) is 11.0. The summed E-state index contributed by atoms with van der Waals surface area (Å²) in [6, 6.07) is 13.0. The molecule has 0 bridgehead atoms. The Labute approximate surface area is 172 Å². The zero-order valence-corrected chi connectivity index (χ0v) is 17.0. The molecule has 1 aliphatic heterocycles. The molecule has 1 aliphatic rings. The van der Waals surface area contributed by atoms with Crippen molar-refractivity contribution in [3.05, 3.63) is 74.6 Å². The molecule has 2 amide bonds. The second-order valence-corrected chi connectivity index (χ2v) is 8.44. The minimum absolute atomic E-state index is 0.0161. The molecule has 1 fully saturated rings. The van der Waals surface area contributed by atoms with Gasteiger partial charge in [0, 0.05) is 44.0 Å². The number of piperazine rings is 1. The van der Waals surface area contributed by atoms with Crippen LogP contribution < -0.4 is 5.32 Å². The van der Waals surface area contributed by atoms with Crippen molar-refractivity contribution in [3.8, 4) is 0 Å². The standard InChI is InChI=1S/C21H21N3O2S2/c25-20(19-5-2-11-28-19)22-18-4-1-3-17(13-18)21(26)24-9-7-23(8-10-24)14-16-6-12-27-15-16/h1-6,11-13,15H,7-10,14H2,(H,22,25). The van der Waals surface area contributed by atoms with E-state index in [4.69, 9.17) is 0 Å². The van der Waals surface area contributed by atoms with E-state index in [1.165, 1.54) is 16.9 Å². The number of anilines is 1. The zero-order chi connectivity index (χ0) is 19.3. The molecule has 0 saturated carbocycles. The number of carbonyl (C=O) groups is 2. The Hall–Kier alpha value is -2.48. The summed E-state index contributed by atoms with van der Waals surface area (Å²) in [4.78, 5) is 30.0. The Morgan fingerprint density at radius 2 is 1.86 bits per heavy atom. The highest BCUT2D eigenvalue weighted by atomic mass is 32.1. The quantitative estimate of drug-likeness (QED) is 0.690. The van der Waals surface area contributed by atoms with E-state index in [1.807, 2.05) is 22.4 Å². The number of hydrogen-bond donors (Lipinski definition) is 1. The van der Waals surface area contributed by atoms with E-state index in [0.29, 0.717) is 16.1 Å². The molecule has 0 spiro atoms. The van der Waals surface area contributed by atoms with E-state index >= 15 is 0 Å². The zero-order valence-electron chi connectivity index (χ0n) is 15.3. The smallest absolute Gasteiger partial charge is 0.265 e. The fourth-order valence-corrected chi connectivity index (χ4v) is 4.54. The van der Waals surface area contributed by atoms with Gasteiger partial charge >= 0.3 is 0 Å². The molecule has 1 aromatic carbocycles. The van der Waals surface area contributed by atoms with Crippen LogP contribution in [0.4, 0.5) is 5.69 Å². The molecule has 3 aromatic rings. The average Bonchev–Trinajstić information content (AvgIpc) is 3.42. The van der Waals surface area contributed by atoms with Gasteiger partial charge in [-0.05, 0) is 52.0 Å². The maximum Gasteiger partial charge on any atom is 0.265 e. The lowest BCUT2D eigenvalue weighted by atomic mass is 10.1. The Morgan fingerprint density at radius 1 is 1.00 bits per heavy atom. The van der Waals surface area contributed by atoms with Crippen molar-refractivity contribution in [2.24, 2.45) is 0 Å². The highest BCUT2D eigenvalue weighted by molar-refractivity contribution is 7.12. The number of rotatable bonds is 5. The van der Waals surface area contributed by atoms with E-state index in [2.05, 4.69) is 27.0 Å². The van der Waals surface area contributed by atoms with Crippen LogP contribution in [-0.2, 0) is 6.54 Å².